The summed E-state index contributed by atoms with van der Waals surface area (Å²) in [6, 6.07) is 6.23. The van der Waals surface area contributed by atoms with Gasteiger partial charge in [-0.15, -0.1) is 0 Å². The van der Waals surface area contributed by atoms with Gasteiger partial charge in [0.2, 0.25) is 0 Å². The number of aromatic nitrogens is 2. The SMILES string of the molecule is CC(C)Nc1cc(C(=O)Nc2ccccc2C(F)(F)F)ncn1. The Morgan fingerprint density at radius 3 is 2.52 bits per heavy atom. The maximum atomic E-state index is 12.9. The van der Waals surface area contributed by atoms with Crippen LogP contribution in [-0.4, -0.2) is 21.9 Å². The highest BCUT2D eigenvalue weighted by atomic mass is 19.4. The summed E-state index contributed by atoms with van der Waals surface area (Å²) < 4.78 is 38.8. The number of rotatable bonds is 4. The van der Waals surface area contributed by atoms with E-state index in [0.29, 0.717) is 5.82 Å². The van der Waals surface area contributed by atoms with Gasteiger partial charge in [-0.1, -0.05) is 12.1 Å². The lowest BCUT2D eigenvalue weighted by Crippen LogP contribution is -2.18. The number of benzene rings is 1. The summed E-state index contributed by atoms with van der Waals surface area (Å²) in [5, 5.41) is 5.23. The number of alkyl halides is 3. The zero-order chi connectivity index (χ0) is 17.0. The molecule has 0 unspecified atom stereocenters. The van der Waals surface area contributed by atoms with Crippen LogP contribution in [0.5, 0.6) is 0 Å². The average Bonchev–Trinajstić information content (AvgIpc) is 2.46. The van der Waals surface area contributed by atoms with Crippen molar-refractivity contribution in [2.45, 2.75) is 26.1 Å². The van der Waals surface area contributed by atoms with Crippen LogP contribution >= 0.6 is 0 Å². The number of carbonyl (C=O) groups excluding carboxylic acids is 1. The summed E-state index contributed by atoms with van der Waals surface area (Å²) in [6.07, 6.45) is -3.38. The van der Waals surface area contributed by atoms with Gasteiger partial charge in [-0.25, -0.2) is 9.97 Å². The molecule has 1 amide bonds. The Morgan fingerprint density at radius 2 is 1.87 bits per heavy atom. The van der Waals surface area contributed by atoms with Crippen molar-refractivity contribution in [3.63, 3.8) is 0 Å². The van der Waals surface area contributed by atoms with Crippen molar-refractivity contribution in [2.24, 2.45) is 0 Å². The molecule has 8 heteroatoms. The first kappa shape index (κ1) is 16.7. The van der Waals surface area contributed by atoms with E-state index < -0.39 is 17.6 Å². The predicted octanol–water partition coefficient (Wildman–Crippen LogP) is 3.57. The summed E-state index contributed by atoms with van der Waals surface area (Å²) in [6.45, 7) is 3.78. The van der Waals surface area contributed by atoms with E-state index in [9.17, 15) is 18.0 Å². The molecule has 0 saturated carbocycles. The lowest BCUT2D eigenvalue weighted by molar-refractivity contribution is -0.136. The molecular formula is C15H15F3N4O. The maximum absolute atomic E-state index is 12.9. The fourth-order valence-corrected chi connectivity index (χ4v) is 1.88. The third-order valence-corrected chi connectivity index (χ3v) is 2.82. The number of halogens is 3. The van der Waals surface area contributed by atoms with E-state index in [2.05, 4.69) is 20.6 Å². The number of carbonyl (C=O) groups is 1. The number of nitrogens with one attached hydrogen (secondary N) is 2. The molecule has 0 aliphatic carbocycles. The van der Waals surface area contributed by atoms with Gasteiger partial charge in [0.15, 0.2) is 0 Å². The summed E-state index contributed by atoms with van der Waals surface area (Å²) in [4.78, 5) is 19.9. The molecule has 122 valence electrons. The summed E-state index contributed by atoms with van der Waals surface area (Å²) in [5.41, 5.74) is -1.26. The van der Waals surface area contributed by atoms with Crippen molar-refractivity contribution in [1.29, 1.82) is 0 Å². The van der Waals surface area contributed by atoms with Crippen LogP contribution in [-0.2, 0) is 6.18 Å². The Labute approximate surface area is 131 Å². The lowest BCUT2D eigenvalue weighted by Gasteiger charge is -2.13. The topological polar surface area (TPSA) is 66.9 Å². The van der Waals surface area contributed by atoms with E-state index in [-0.39, 0.29) is 17.4 Å². The van der Waals surface area contributed by atoms with Crippen LogP contribution in [0.1, 0.15) is 29.9 Å². The van der Waals surface area contributed by atoms with Crippen molar-refractivity contribution < 1.29 is 18.0 Å². The van der Waals surface area contributed by atoms with Gasteiger partial charge < -0.3 is 10.6 Å². The lowest BCUT2D eigenvalue weighted by atomic mass is 10.1. The fraction of sp³-hybridized carbons (Fsp3) is 0.267. The standard InChI is InChI=1S/C15H15F3N4O/c1-9(2)21-13-7-12(19-8-20-13)14(23)22-11-6-4-3-5-10(11)15(16,17)18/h3-9H,1-2H3,(H,22,23)(H,19,20,21). The molecule has 2 rings (SSSR count). The molecule has 23 heavy (non-hydrogen) atoms. The second kappa shape index (κ2) is 6.64. The highest BCUT2D eigenvalue weighted by Crippen LogP contribution is 2.34. The quantitative estimate of drug-likeness (QED) is 0.902. The first-order valence-corrected chi connectivity index (χ1v) is 6.83. The monoisotopic (exact) mass is 324 g/mol. The Hall–Kier alpha value is -2.64. The minimum absolute atomic E-state index is 0.0277. The van der Waals surface area contributed by atoms with Gasteiger partial charge in [0.25, 0.3) is 5.91 Å². The zero-order valence-corrected chi connectivity index (χ0v) is 12.5. The van der Waals surface area contributed by atoms with E-state index >= 15 is 0 Å². The molecule has 0 saturated heterocycles. The minimum atomic E-state index is -4.56. The second-order valence-corrected chi connectivity index (χ2v) is 5.08. The van der Waals surface area contributed by atoms with E-state index in [4.69, 9.17) is 0 Å². The molecule has 2 N–H and O–H groups in total. The van der Waals surface area contributed by atoms with Crippen LogP contribution < -0.4 is 10.6 Å². The number of anilines is 2. The second-order valence-electron chi connectivity index (χ2n) is 5.08. The van der Waals surface area contributed by atoms with Gasteiger partial charge in [0, 0.05) is 12.1 Å². The van der Waals surface area contributed by atoms with Crippen molar-refractivity contribution in [3.8, 4) is 0 Å². The van der Waals surface area contributed by atoms with Crippen molar-refractivity contribution >= 4 is 17.4 Å². The van der Waals surface area contributed by atoms with Gasteiger partial charge in [0.05, 0.1) is 11.3 Å². The molecule has 0 aliphatic rings. The molecular weight excluding hydrogens is 309 g/mol. The molecule has 0 bridgehead atoms. The number of amides is 1. The molecule has 0 atom stereocenters. The summed E-state index contributed by atoms with van der Waals surface area (Å²) >= 11 is 0. The predicted molar refractivity (Wildman–Crippen MR) is 80.2 cm³/mol. The normalized spacial score (nSPS) is 11.4. The van der Waals surface area contributed by atoms with Crippen molar-refractivity contribution in [1.82, 2.24) is 9.97 Å². The highest BCUT2D eigenvalue weighted by molar-refractivity contribution is 6.03. The number of hydrogen-bond donors (Lipinski definition) is 2. The third kappa shape index (κ3) is 4.41. The van der Waals surface area contributed by atoms with Gasteiger partial charge in [-0.2, -0.15) is 13.2 Å². The third-order valence-electron chi connectivity index (χ3n) is 2.82. The first-order valence-electron chi connectivity index (χ1n) is 6.83. The van der Waals surface area contributed by atoms with Gasteiger partial charge in [0.1, 0.15) is 17.8 Å². The molecule has 0 spiro atoms. The van der Waals surface area contributed by atoms with Crippen LogP contribution in [0.4, 0.5) is 24.7 Å². The maximum Gasteiger partial charge on any atom is 0.418 e. The molecule has 1 aromatic heterocycles. The molecule has 0 fully saturated rings. The van der Waals surface area contributed by atoms with Gasteiger partial charge >= 0.3 is 6.18 Å². The number of hydrogen-bond acceptors (Lipinski definition) is 4. The summed E-state index contributed by atoms with van der Waals surface area (Å²) in [5.74, 6) is -0.319. The summed E-state index contributed by atoms with van der Waals surface area (Å²) in [7, 11) is 0. The molecule has 2 aromatic rings. The van der Waals surface area contributed by atoms with Crippen LogP contribution in [0.2, 0.25) is 0 Å². The molecule has 0 aliphatic heterocycles. The number of nitrogens with zero attached hydrogens (tertiary/aromatic N) is 2. The largest absolute Gasteiger partial charge is 0.418 e. The average molecular weight is 324 g/mol. The number of para-hydroxylation sites is 1. The molecule has 0 radical (unpaired) electrons. The Kier molecular flexibility index (Phi) is 4.83. The molecule has 1 heterocycles. The van der Waals surface area contributed by atoms with Gasteiger partial charge in [-0.05, 0) is 26.0 Å². The minimum Gasteiger partial charge on any atom is -0.368 e. The van der Waals surface area contributed by atoms with Gasteiger partial charge in [-0.3, -0.25) is 4.79 Å². The van der Waals surface area contributed by atoms with Crippen LogP contribution in [0.15, 0.2) is 36.7 Å². The van der Waals surface area contributed by atoms with E-state index in [0.717, 1.165) is 6.07 Å². The van der Waals surface area contributed by atoms with Crippen molar-refractivity contribution in [3.05, 3.63) is 47.9 Å². The first-order chi connectivity index (χ1) is 10.8. The van der Waals surface area contributed by atoms with Crippen molar-refractivity contribution in [2.75, 3.05) is 10.6 Å². The fourth-order valence-electron chi connectivity index (χ4n) is 1.88. The Balaban J connectivity index is 2.23. The molecule has 5 nitrogen and oxygen atoms in total. The van der Waals surface area contributed by atoms with E-state index in [1.807, 2.05) is 13.8 Å². The smallest absolute Gasteiger partial charge is 0.368 e. The van der Waals surface area contributed by atoms with Crippen LogP contribution in [0.3, 0.4) is 0 Å². The van der Waals surface area contributed by atoms with E-state index in [1.165, 1.54) is 30.6 Å². The van der Waals surface area contributed by atoms with Crippen LogP contribution in [0.25, 0.3) is 0 Å². The van der Waals surface area contributed by atoms with E-state index in [1.54, 1.807) is 0 Å². The Bertz CT molecular complexity index is 701. The van der Waals surface area contributed by atoms with Crippen LogP contribution in [0, 0.1) is 0 Å². The highest BCUT2D eigenvalue weighted by Gasteiger charge is 2.33. The Morgan fingerprint density at radius 1 is 1.17 bits per heavy atom. The molecule has 1 aromatic carbocycles. The zero-order valence-electron chi connectivity index (χ0n) is 12.5.